The largest absolute Gasteiger partial charge is 0.333 e. The van der Waals surface area contributed by atoms with Gasteiger partial charge in [-0.15, -0.1) is 11.3 Å². The molecule has 0 saturated carbocycles. The van der Waals surface area contributed by atoms with E-state index < -0.39 is 0 Å². The zero-order valence-electron chi connectivity index (χ0n) is 12.5. The SMILES string of the molecule is O=C(c1cc2c(F)cccc2s1)N1CCCC1Cn1cccn1. The molecule has 1 aliphatic rings. The molecule has 1 amide bonds. The molecule has 6 heteroatoms. The van der Waals surface area contributed by atoms with Crippen LogP contribution < -0.4 is 0 Å². The minimum Gasteiger partial charge on any atom is -0.333 e. The van der Waals surface area contributed by atoms with E-state index in [2.05, 4.69) is 5.10 Å². The van der Waals surface area contributed by atoms with E-state index in [-0.39, 0.29) is 17.8 Å². The quantitative estimate of drug-likeness (QED) is 0.737. The van der Waals surface area contributed by atoms with Crippen LogP contribution in [0.4, 0.5) is 4.39 Å². The van der Waals surface area contributed by atoms with E-state index in [1.54, 1.807) is 18.3 Å². The lowest BCUT2D eigenvalue weighted by molar-refractivity contribution is 0.0726. The zero-order chi connectivity index (χ0) is 15.8. The molecule has 4 nitrogen and oxygen atoms in total. The van der Waals surface area contributed by atoms with Crippen molar-refractivity contribution in [2.24, 2.45) is 0 Å². The van der Waals surface area contributed by atoms with Gasteiger partial charge in [0.1, 0.15) is 5.82 Å². The fourth-order valence-corrected chi connectivity index (χ4v) is 4.22. The van der Waals surface area contributed by atoms with Gasteiger partial charge in [-0.25, -0.2) is 4.39 Å². The maximum absolute atomic E-state index is 13.8. The summed E-state index contributed by atoms with van der Waals surface area (Å²) in [4.78, 5) is 15.4. The number of rotatable bonds is 3. The summed E-state index contributed by atoms with van der Waals surface area (Å²) < 4.78 is 16.5. The number of hydrogen-bond donors (Lipinski definition) is 0. The first-order valence-corrected chi connectivity index (χ1v) is 8.50. The molecule has 0 bridgehead atoms. The number of thiophene rings is 1. The first-order chi connectivity index (χ1) is 11.2. The molecule has 0 N–H and O–H groups in total. The molecule has 118 valence electrons. The van der Waals surface area contributed by atoms with Crippen molar-refractivity contribution in [1.82, 2.24) is 14.7 Å². The summed E-state index contributed by atoms with van der Waals surface area (Å²) in [5.74, 6) is -0.271. The Bertz CT molecular complexity index is 843. The Morgan fingerprint density at radius 1 is 1.39 bits per heavy atom. The lowest BCUT2D eigenvalue weighted by Gasteiger charge is -2.24. The molecule has 3 heterocycles. The molecule has 1 saturated heterocycles. The molecule has 1 unspecified atom stereocenters. The third-order valence-corrected chi connectivity index (χ3v) is 5.40. The first kappa shape index (κ1) is 14.4. The van der Waals surface area contributed by atoms with Crippen LogP contribution in [0.25, 0.3) is 10.1 Å². The lowest BCUT2D eigenvalue weighted by atomic mass is 10.2. The Morgan fingerprint density at radius 2 is 2.30 bits per heavy atom. The van der Waals surface area contributed by atoms with E-state index in [0.29, 0.717) is 16.8 Å². The molecule has 3 aromatic rings. The topological polar surface area (TPSA) is 38.1 Å². The smallest absolute Gasteiger partial charge is 0.264 e. The van der Waals surface area contributed by atoms with Crippen LogP contribution in [0.1, 0.15) is 22.5 Å². The van der Waals surface area contributed by atoms with Gasteiger partial charge in [-0.1, -0.05) is 6.07 Å². The van der Waals surface area contributed by atoms with E-state index in [0.717, 1.165) is 24.1 Å². The molecule has 0 aliphatic carbocycles. The van der Waals surface area contributed by atoms with Gasteiger partial charge in [0.05, 0.1) is 17.5 Å². The number of fused-ring (bicyclic) bond motifs is 1. The van der Waals surface area contributed by atoms with Crippen LogP contribution in [0, 0.1) is 5.82 Å². The normalized spacial score (nSPS) is 18.0. The zero-order valence-corrected chi connectivity index (χ0v) is 13.3. The second-order valence-electron chi connectivity index (χ2n) is 5.78. The van der Waals surface area contributed by atoms with Crippen molar-refractivity contribution in [3.63, 3.8) is 0 Å². The maximum atomic E-state index is 13.8. The summed E-state index contributed by atoms with van der Waals surface area (Å²) in [6, 6.07) is 8.68. The number of aromatic nitrogens is 2. The Balaban J connectivity index is 1.60. The van der Waals surface area contributed by atoms with E-state index in [1.807, 2.05) is 27.9 Å². The van der Waals surface area contributed by atoms with Gasteiger partial charge in [-0.2, -0.15) is 5.10 Å². The second kappa shape index (κ2) is 5.77. The number of halogens is 1. The van der Waals surface area contributed by atoms with E-state index in [4.69, 9.17) is 0 Å². The molecular formula is C17H16FN3OS. The Labute approximate surface area is 137 Å². The molecule has 4 rings (SSSR count). The number of carbonyl (C=O) groups excluding carboxylic acids is 1. The van der Waals surface area contributed by atoms with Gasteiger partial charge >= 0.3 is 0 Å². The summed E-state index contributed by atoms with van der Waals surface area (Å²) in [5.41, 5.74) is 0. The second-order valence-corrected chi connectivity index (χ2v) is 6.87. The number of likely N-dealkylation sites (tertiary alicyclic amines) is 1. The number of carbonyl (C=O) groups is 1. The molecule has 0 radical (unpaired) electrons. The van der Waals surface area contributed by atoms with Crippen molar-refractivity contribution in [3.05, 3.63) is 53.4 Å². The highest BCUT2D eigenvalue weighted by Gasteiger charge is 2.30. The first-order valence-electron chi connectivity index (χ1n) is 7.69. The number of hydrogen-bond acceptors (Lipinski definition) is 3. The van der Waals surface area contributed by atoms with Crippen LogP contribution in [0.2, 0.25) is 0 Å². The summed E-state index contributed by atoms with van der Waals surface area (Å²) in [6.07, 6.45) is 5.63. The summed E-state index contributed by atoms with van der Waals surface area (Å²) in [7, 11) is 0. The molecule has 1 atom stereocenters. The standard InChI is InChI=1S/C17H16FN3OS/c18-14-5-1-6-15-13(14)10-16(23-15)17(22)21-9-2-4-12(21)11-20-8-3-7-19-20/h1,3,5-8,10,12H,2,4,9,11H2. The van der Waals surface area contributed by atoms with Crippen molar-refractivity contribution in [2.45, 2.75) is 25.4 Å². The van der Waals surface area contributed by atoms with Crippen LogP contribution >= 0.6 is 11.3 Å². The Hall–Kier alpha value is -2.21. The van der Waals surface area contributed by atoms with Crippen LogP contribution in [0.5, 0.6) is 0 Å². The Kier molecular flexibility index (Phi) is 3.61. The molecule has 1 fully saturated rings. The van der Waals surface area contributed by atoms with Gasteiger partial charge < -0.3 is 4.90 Å². The predicted molar refractivity (Wildman–Crippen MR) is 88.1 cm³/mol. The van der Waals surface area contributed by atoms with Crippen LogP contribution in [-0.4, -0.2) is 33.2 Å². The molecule has 1 aromatic carbocycles. The number of nitrogens with zero attached hydrogens (tertiary/aromatic N) is 3. The average Bonchev–Trinajstić information content (AvgIpc) is 3.27. The number of amides is 1. The third-order valence-electron chi connectivity index (χ3n) is 4.31. The van der Waals surface area contributed by atoms with Crippen molar-refractivity contribution < 1.29 is 9.18 Å². The van der Waals surface area contributed by atoms with Gasteiger partial charge in [-0.3, -0.25) is 9.48 Å². The minimum absolute atomic E-state index is 0.000237. The summed E-state index contributed by atoms with van der Waals surface area (Å²) >= 11 is 1.36. The monoisotopic (exact) mass is 329 g/mol. The summed E-state index contributed by atoms with van der Waals surface area (Å²) in [6.45, 7) is 1.46. The van der Waals surface area contributed by atoms with Crippen molar-refractivity contribution >= 4 is 27.3 Å². The van der Waals surface area contributed by atoms with Crippen molar-refractivity contribution in [2.75, 3.05) is 6.54 Å². The van der Waals surface area contributed by atoms with Gasteiger partial charge in [0.15, 0.2) is 0 Å². The van der Waals surface area contributed by atoms with E-state index in [1.165, 1.54) is 17.4 Å². The highest BCUT2D eigenvalue weighted by Crippen LogP contribution is 2.30. The average molecular weight is 329 g/mol. The predicted octanol–water partition coefficient (Wildman–Crippen LogP) is 3.54. The van der Waals surface area contributed by atoms with Crippen LogP contribution in [0.3, 0.4) is 0 Å². The molecule has 0 spiro atoms. The maximum Gasteiger partial charge on any atom is 0.264 e. The van der Waals surface area contributed by atoms with Gasteiger partial charge in [-0.05, 0) is 37.1 Å². The van der Waals surface area contributed by atoms with Crippen molar-refractivity contribution in [1.29, 1.82) is 0 Å². The number of benzene rings is 1. The lowest BCUT2D eigenvalue weighted by Crippen LogP contribution is -2.37. The van der Waals surface area contributed by atoms with E-state index >= 15 is 0 Å². The van der Waals surface area contributed by atoms with Crippen LogP contribution in [0.15, 0.2) is 42.7 Å². The fraction of sp³-hybridized carbons (Fsp3) is 0.294. The minimum atomic E-state index is -0.271. The van der Waals surface area contributed by atoms with Crippen molar-refractivity contribution in [3.8, 4) is 0 Å². The Morgan fingerprint density at radius 3 is 3.09 bits per heavy atom. The fourth-order valence-electron chi connectivity index (χ4n) is 3.19. The molecule has 1 aliphatic heterocycles. The van der Waals surface area contributed by atoms with E-state index in [9.17, 15) is 9.18 Å². The molecule has 2 aromatic heterocycles. The van der Waals surface area contributed by atoms with Gasteiger partial charge in [0, 0.05) is 29.0 Å². The van der Waals surface area contributed by atoms with Crippen LogP contribution in [-0.2, 0) is 6.54 Å². The third kappa shape index (κ3) is 2.63. The van der Waals surface area contributed by atoms with Gasteiger partial charge in [0.2, 0.25) is 0 Å². The molecule has 23 heavy (non-hydrogen) atoms. The van der Waals surface area contributed by atoms with Gasteiger partial charge in [0.25, 0.3) is 5.91 Å². The summed E-state index contributed by atoms with van der Waals surface area (Å²) in [5, 5.41) is 4.76. The molecular weight excluding hydrogens is 313 g/mol. The highest BCUT2D eigenvalue weighted by molar-refractivity contribution is 7.20. The highest BCUT2D eigenvalue weighted by atomic mass is 32.1.